The summed E-state index contributed by atoms with van der Waals surface area (Å²) >= 11 is 0. The van der Waals surface area contributed by atoms with E-state index in [1.54, 1.807) is 14.2 Å². The highest BCUT2D eigenvalue weighted by atomic mass is 16.5. The zero-order valence-corrected chi connectivity index (χ0v) is 12.0. The van der Waals surface area contributed by atoms with E-state index in [-0.39, 0.29) is 5.97 Å². The third-order valence-electron chi connectivity index (χ3n) is 3.72. The van der Waals surface area contributed by atoms with E-state index in [0.29, 0.717) is 6.61 Å². The van der Waals surface area contributed by atoms with E-state index in [0.717, 1.165) is 28.2 Å². The molecule has 0 aromatic heterocycles. The van der Waals surface area contributed by atoms with Crippen LogP contribution in [-0.2, 0) is 16.1 Å². The molecule has 4 nitrogen and oxygen atoms in total. The largest absolute Gasteiger partial charge is 0.497 e. The molecular formula is C17H16O4. The van der Waals surface area contributed by atoms with Gasteiger partial charge in [-0.1, -0.05) is 18.2 Å². The Hall–Kier alpha value is -2.49. The Labute approximate surface area is 123 Å². The van der Waals surface area contributed by atoms with Crippen LogP contribution in [-0.4, -0.2) is 20.2 Å². The molecule has 0 fully saturated rings. The summed E-state index contributed by atoms with van der Waals surface area (Å²) in [7, 11) is 3.23. The summed E-state index contributed by atoms with van der Waals surface area (Å²) in [5.74, 6) is 0.839. The summed E-state index contributed by atoms with van der Waals surface area (Å²) < 4.78 is 15.7. The topological polar surface area (TPSA) is 44.8 Å². The summed E-state index contributed by atoms with van der Waals surface area (Å²) in [4.78, 5) is 12.2. The molecular weight excluding hydrogens is 268 g/mol. The average Bonchev–Trinajstić information content (AvgIpc) is 2.54. The summed E-state index contributed by atoms with van der Waals surface area (Å²) in [6, 6.07) is 13.2. The number of carbonyl (C=O) groups is 1. The minimum Gasteiger partial charge on any atom is -0.497 e. The van der Waals surface area contributed by atoms with Gasteiger partial charge in [-0.2, -0.15) is 0 Å². The Morgan fingerprint density at radius 1 is 1.00 bits per heavy atom. The first-order valence-corrected chi connectivity index (χ1v) is 6.70. The number of methoxy groups -OCH3 is 2. The molecule has 1 unspecified atom stereocenters. The van der Waals surface area contributed by atoms with Gasteiger partial charge in [-0.3, -0.25) is 4.79 Å². The molecule has 1 aliphatic heterocycles. The smallest absolute Gasteiger partial charge is 0.318 e. The van der Waals surface area contributed by atoms with Gasteiger partial charge in [0.15, 0.2) is 0 Å². The minimum absolute atomic E-state index is 0.235. The van der Waals surface area contributed by atoms with Gasteiger partial charge in [0.25, 0.3) is 0 Å². The Bertz CT molecular complexity index is 661. The lowest BCUT2D eigenvalue weighted by atomic mass is 9.86. The maximum absolute atomic E-state index is 12.2. The molecule has 0 radical (unpaired) electrons. The van der Waals surface area contributed by atoms with Gasteiger partial charge in [-0.05, 0) is 41.0 Å². The van der Waals surface area contributed by atoms with Crippen molar-refractivity contribution in [1.29, 1.82) is 0 Å². The molecule has 1 heterocycles. The Morgan fingerprint density at radius 3 is 2.33 bits per heavy atom. The number of carbonyl (C=O) groups excluding carboxylic acids is 1. The predicted molar refractivity (Wildman–Crippen MR) is 77.6 cm³/mol. The standard InChI is InChI=1S/C17H16O4/c1-19-13-6-3-11(4-7-13)16-15-9-14(20-2)8-5-12(15)10-21-17(16)18/h3-9,16H,10H2,1-2H3. The molecule has 0 amide bonds. The van der Waals surface area contributed by atoms with Crippen LogP contribution >= 0.6 is 0 Å². The minimum atomic E-state index is -0.422. The second kappa shape index (κ2) is 5.48. The highest BCUT2D eigenvalue weighted by Gasteiger charge is 2.31. The summed E-state index contributed by atoms with van der Waals surface area (Å²) in [6.07, 6.45) is 0. The first-order chi connectivity index (χ1) is 10.2. The van der Waals surface area contributed by atoms with Gasteiger partial charge in [-0.15, -0.1) is 0 Å². The molecule has 21 heavy (non-hydrogen) atoms. The monoisotopic (exact) mass is 284 g/mol. The summed E-state index contributed by atoms with van der Waals surface area (Å²) in [6.45, 7) is 0.310. The van der Waals surface area contributed by atoms with Crippen molar-refractivity contribution in [2.75, 3.05) is 14.2 Å². The van der Waals surface area contributed by atoms with Crippen molar-refractivity contribution in [3.8, 4) is 11.5 Å². The third-order valence-corrected chi connectivity index (χ3v) is 3.72. The van der Waals surface area contributed by atoms with Crippen LogP contribution in [0.2, 0.25) is 0 Å². The van der Waals surface area contributed by atoms with E-state index < -0.39 is 5.92 Å². The number of cyclic esters (lactones) is 1. The summed E-state index contributed by atoms with van der Waals surface area (Å²) in [5, 5.41) is 0. The molecule has 0 saturated carbocycles. The SMILES string of the molecule is COc1ccc(C2C(=O)OCc3ccc(OC)cc32)cc1. The van der Waals surface area contributed by atoms with E-state index in [1.807, 2.05) is 42.5 Å². The molecule has 108 valence electrons. The van der Waals surface area contributed by atoms with Crippen molar-refractivity contribution in [3.63, 3.8) is 0 Å². The molecule has 0 spiro atoms. The molecule has 2 aromatic rings. The highest BCUT2D eigenvalue weighted by Crippen LogP contribution is 2.35. The quantitative estimate of drug-likeness (QED) is 0.813. The molecule has 2 aromatic carbocycles. The number of rotatable bonds is 3. The van der Waals surface area contributed by atoms with Crippen LogP contribution in [0.1, 0.15) is 22.6 Å². The zero-order valence-electron chi connectivity index (χ0n) is 12.0. The Morgan fingerprint density at radius 2 is 1.67 bits per heavy atom. The normalized spacial score (nSPS) is 16.9. The van der Waals surface area contributed by atoms with Crippen LogP contribution in [0, 0.1) is 0 Å². The maximum atomic E-state index is 12.2. The number of benzene rings is 2. The van der Waals surface area contributed by atoms with Crippen molar-refractivity contribution in [2.24, 2.45) is 0 Å². The van der Waals surface area contributed by atoms with Gasteiger partial charge in [0.2, 0.25) is 0 Å². The van der Waals surface area contributed by atoms with E-state index in [2.05, 4.69) is 0 Å². The van der Waals surface area contributed by atoms with Crippen molar-refractivity contribution in [1.82, 2.24) is 0 Å². The van der Waals surface area contributed by atoms with Gasteiger partial charge >= 0.3 is 5.97 Å². The zero-order chi connectivity index (χ0) is 14.8. The first-order valence-electron chi connectivity index (χ1n) is 6.70. The van der Waals surface area contributed by atoms with Gasteiger partial charge in [0, 0.05) is 0 Å². The van der Waals surface area contributed by atoms with Gasteiger partial charge in [-0.25, -0.2) is 0 Å². The second-order valence-electron chi connectivity index (χ2n) is 4.88. The molecule has 1 atom stereocenters. The fraction of sp³-hybridized carbons (Fsp3) is 0.235. The number of fused-ring (bicyclic) bond motifs is 1. The number of hydrogen-bond acceptors (Lipinski definition) is 4. The fourth-order valence-corrected chi connectivity index (χ4v) is 2.57. The number of esters is 1. The van der Waals surface area contributed by atoms with Crippen LogP contribution in [0.25, 0.3) is 0 Å². The first kappa shape index (κ1) is 13.5. The van der Waals surface area contributed by atoms with Crippen molar-refractivity contribution in [3.05, 3.63) is 59.2 Å². The number of ether oxygens (including phenoxy) is 3. The second-order valence-corrected chi connectivity index (χ2v) is 4.88. The Kier molecular flexibility index (Phi) is 3.52. The molecule has 0 bridgehead atoms. The van der Waals surface area contributed by atoms with E-state index >= 15 is 0 Å². The van der Waals surface area contributed by atoms with Crippen LogP contribution in [0.15, 0.2) is 42.5 Å². The lowest BCUT2D eigenvalue weighted by Crippen LogP contribution is -2.23. The van der Waals surface area contributed by atoms with Crippen molar-refractivity contribution in [2.45, 2.75) is 12.5 Å². The maximum Gasteiger partial charge on any atom is 0.318 e. The van der Waals surface area contributed by atoms with Gasteiger partial charge < -0.3 is 14.2 Å². The highest BCUT2D eigenvalue weighted by molar-refractivity contribution is 5.84. The van der Waals surface area contributed by atoms with Crippen LogP contribution in [0.4, 0.5) is 0 Å². The van der Waals surface area contributed by atoms with Crippen LogP contribution in [0.3, 0.4) is 0 Å². The van der Waals surface area contributed by atoms with E-state index in [9.17, 15) is 4.79 Å². The van der Waals surface area contributed by atoms with Crippen molar-refractivity contribution < 1.29 is 19.0 Å². The fourth-order valence-electron chi connectivity index (χ4n) is 2.57. The van der Waals surface area contributed by atoms with Crippen LogP contribution in [0.5, 0.6) is 11.5 Å². The average molecular weight is 284 g/mol. The molecule has 0 N–H and O–H groups in total. The lowest BCUT2D eigenvalue weighted by molar-refractivity contribution is -0.147. The molecule has 4 heteroatoms. The van der Waals surface area contributed by atoms with Gasteiger partial charge in [0.05, 0.1) is 14.2 Å². The number of hydrogen-bond donors (Lipinski definition) is 0. The molecule has 1 aliphatic rings. The lowest BCUT2D eigenvalue weighted by Gasteiger charge is -2.25. The van der Waals surface area contributed by atoms with Gasteiger partial charge in [0.1, 0.15) is 24.0 Å². The Balaban J connectivity index is 2.06. The summed E-state index contributed by atoms with van der Waals surface area (Å²) in [5.41, 5.74) is 2.84. The predicted octanol–water partition coefficient (Wildman–Crippen LogP) is 2.89. The molecule has 0 saturated heterocycles. The van der Waals surface area contributed by atoms with E-state index in [4.69, 9.17) is 14.2 Å². The molecule has 0 aliphatic carbocycles. The van der Waals surface area contributed by atoms with Crippen molar-refractivity contribution >= 4 is 5.97 Å². The van der Waals surface area contributed by atoms with E-state index in [1.165, 1.54) is 0 Å². The van der Waals surface area contributed by atoms with Crippen LogP contribution < -0.4 is 9.47 Å². The molecule has 3 rings (SSSR count). The third kappa shape index (κ3) is 2.44.